The highest BCUT2D eigenvalue weighted by Crippen LogP contribution is 2.54. The summed E-state index contributed by atoms with van der Waals surface area (Å²) < 4.78 is 14.1. The van der Waals surface area contributed by atoms with Crippen molar-refractivity contribution in [1.29, 1.82) is 0 Å². The Morgan fingerprint density at radius 1 is 0.311 bits per heavy atom. The van der Waals surface area contributed by atoms with Crippen LogP contribution in [0.5, 0.6) is 0 Å². The van der Waals surface area contributed by atoms with Gasteiger partial charge in [-0.15, -0.1) is 0 Å². The maximum atomic E-state index is 7.03. The van der Waals surface area contributed by atoms with Gasteiger partial charge >= 0.3 is 0 Å². The lowest BCUT2D eigenvalue weighted by Gasteiger charge is -2.34. The number of aryl methyl sites for hydroxylation is 2. The van der Waals surface area contributed by atoms with Crippen LogP contribution in [0.25, 0.3) is 98.4 Å². The van der Waals surface area contributed by atoms with Crippen LogP contribution in [0, 0.1) is 13.8 Å². The van der Waals surface area contributed by atoms with Crippen LogP contribution in [-0.2, 0) is 5.41 Å². The van der Waals surface area contributed by atoms with Gasteiger partial charge < -0.3 is 18.6 Å². The molecule has 0 aliphatic rings. The summed E-state index contributed by atoms with van der Waals surface area (Å²) in [5, 5.41) is 11.5. The average Bonchev–Trinajstić information content (AvgIpc) is 4.02. The number of hydrogen-bond donors (Lipinski definition) is 0. The van der Waals surface area contributed by atoms with Gasteiger partial charge in [0.05, 0.1) is 22.7 Å². The Morgan fingerprint density at radius 2 is 0.743 bits per heavy atom. The van der Waals surface area contributed by atoms with E-state index in [9.17, 15) is 0 Å². The monoisotopic (exact) mass is 952 g/mol. The standard InChI is InChI=1S/C70H52N2O2/c1-43-30-32-47(45-18-8-6-9-19-45)40-60(43)71(58-26-16-24-54-52-22-12-14-28-64(52)73-68(54)58)62-42-63(57-37-35-50-39-51(70(3,4)5)38-49-34-36-56(62)67(57)66(49)50)72(61-41-48(33-31-44(61)2)46-20-10-7-11-21-46)59-27-17-25-55-53-23-13-15-29-65(53)74-69(55)59/h6-42H,1-5H3. The highest BCUT2D eigenvalue weighted by atomic mass is 16.3. The fourth-order valence-corrected chi connectivity index (χ4v) is 11.6. The van der Waals surface area contributed by atoms with E-state index in [2.05, 4.69) is 269 Å². The van der Waals surface area contributed by atoms with Crippen LogP contribution in [0.1, 0.15) is 37.5 Å². The molecule has 0 saturated carbocycles. The molecule has 14 aromatic rings. The Hall–Kier alpha value is -9.12. The lowest BCUT2D eigenvalue weighted by atomic mass is 9.83. The minimum Gasteiger partial charge on any atom is -0.454 e. The molecule has 0 bridgehead atoms. The number of rotatable bonds is 8. The first-order valence-electron chi connectivity index (χ1n) is 25.7. The highest BCUT2D eigenvalue weighted by molar-refractivity contribution is 6.30. The summed E-state index contributed by atoms with van der Waals surface area (Å²) >= 11 is 0. The second-order valence-corrected chi connectivity index (χ2v) is 21.0. The fraction of sp³-hybridized carbons (Fsp3) is 0.0857. The van der Waals surface area contributed by atoms with E-state index < -0.39 is 0 Å². The molecule has 0 aliphatic carbocycles. The van der Waals surface area contributed by atoms with Crippen molar-refractivity contribution >= 4 is 110 Å². The van der Waals surface area contributed by atoms with E-state index in [4.69, 9.17) is 8.83 Å². The van der Waals surface area contributed by atoms with Crippen LogP contribution in [0.2, 0.25) is 0 Å². The van der Waals surface area contributed by atoms with Crippen LogP contribution >= 0.6 is 0 Å². The second kappa shape index (κ2) is 16.7. The molecule has 0 aliphatic heterocycles. The van der Waals surface area contributed by atoms with Crippen molar-refractivity contribution in [2.24, 2.45) is 0 Å². The van der Waals surface area contributed by atoms with E-state index in [0.717, 1.165) is 122 Å². The molecule has 0 N–H and O–H groups in total. The first-order valence-corrected chi connectivity index (χ1v) is 25.7. The number of nitrogens with zero attached hydrogens (tertiary/aromatic N) is 2. The first kappa shape index (κ1) is 43.7. The Labute approximate surface area is 430 Å². The largest absolute Gasteiger partial charge is 0.454 e. The van der Waals surface area contributed by atoms with Crippen molar-refractivity contribution in [2.45, 2.75) is 40.0 Å². The zero-order valence-electron chi connectivity index (χ0n) is 42.1. The summed E-state index contributed by atoms with van der Waals surface area (Å²) in [4.78, 5) is 4.96. The summed E-state index contributed by atoms with van der Waals surface area (Å²) in [5.41, 5.74) is 17.6. The Kier molecular flexibility index (Phi) is 9.87. The van der Waals surface area contributed by atoms with Gasteiger partial charge in [-0.2, -0.15) is 0 Å². The molecule has 0 atom stereocenters. The topological polar surface area (TPSA) is 32.8 Å². The highest BCUT2D eigenvalue weighted by Gasteiger charge is 2.30. The number of hydrogen-bond acceptors (Lipinski definition) is 4. The molecule has 4 nitrogen and oxygen atoms in total. The van der Waals surface area contributed by atoms with Crippen molar-refractivity contribution < 1.29 is 8.83 Å². The smallest absolute Gasteiger partial charge is 0.159 e. The van der Waals surface area contributed by atoms with Crippen molar-refractivity contribution in [3.05, 3.63) is 241 Å². The molecule has 0 fully saturated rings. The molecular weight excluding hydrogens is 901 g/mol. The lowest BCUT2D eigenvalue weighted by Crippen LogP contribution is -2.16. The van der Waals surface area contributed by atoms with Crippen molar-refractivity contribution in [1.82, 2.24) is 0 Å². The van der Waals surface area contributed by atoms with E-state index in [1.165, 1.54) is 27.1 Å². The SMILES string of the molecule is Cc1ccc(-c2ccccc2)cc1N(c1cc(N(c2cc(-c3ccccc3)ccc2C)c2cccc3c2oc2ccccc23)c2ccc3cc(C(C)(C)C)cc4ccc1c2c43)c1cccc2c1oc1ccccc12. The van der Waals surface area contributed by atoms with Crippen molar-refractivity contribution in [2.75, 3.05) is 9.80 Å². The fourth-order valence-electron chi connectivity index (χ4n) is 11.6. The van der Waals surface area contributed by atoms with Gasteiger partial charge in [0.15, 0.2) is 11.2 Å². The van der Waals surface area contributed by atoms with Gasteiger partial charge in [0, 0.05) is 49.1 Å². The van der Waals surface area contributed by atoms with Crippen molar-refractivity contribution in [3.8, 4) is 22.3 Å². The summed E-state index contributed by atoms with van der Waals surface area (Å²) in [6.07, 6.45) is 0. The maximum Gasteiger partial charge on any atom is 0.159 e. The van der Waals surface area contributed by atoms with Gasteiger partial charge in [-0.1, -0.05) is 203 Å². The minimum absolute atomic E-state index is 0.0481. The Balaban J connectivity index is 1.16. The van der Waals surface area contributed by atoms with Crippen LogP contribution in [0.4, 0.5) is 34.1 Å². The predicted molar refractivity (Wildman–Crippen MR) is 313 cm³/mol. The third-order valence-corrected chi connectivity index (χ3v) is 15.4. The quantitative estimate of drug-likeness (QED) is 0.142. The molecule has 0 amide bonds. The molecular formula is C70H52N2O2. The zero-order chi connectivity index (χ0) is 49.8. The van der Waals surface area contributed by atoms with E-state index >= 15 is 0 Å². The van der Waals surface area contributed by atoms with E-state index in [0.29, 0.717) is 0 Å². The lowest BCUT2D eigenvalue weighted by molar-refractivity contribution is 0.591. The third kappa shape index (κ3) is 6.89. The number of fused-ring (bicyclic) bond motifs is 6. The van der Waals surface area contributed by atoms with Crippen LogP contribution in [-0.4, -0.2) is 0 Å². The zero-order valence-corrected chi connectivity index (χ0v) is 42.1. The molecule has 0 spiro atoms. The Morgan fingerprint density at radius 3 is 1.20 bits per heavy atom. The molecule has 0 radical (unpaired) electrons. The van der Waals surface area contributed by atoms with Gasteiger partial charge in [0.1, 0.15) is 11.2 Å². The summed E-state index contributed by atoms with van der Waals surface area (Å²) in [6, 6.07) is 81.8. The van der Waals surface area contributed by atoms with E-state index in [1.807, 2.05) is 0 Å². The van der Waals surface area contributed by atoms with E-state index in [-0.39, 0.29) is 5.41 Å². The number of anilines is 6. The predicted octanol–water partition coefficient (Wildman–Crippen LogP) is 20.6. The molecule has 0 unspecified atom stereocenters. The van der Waals surface area contributed by atoms with Gasteiger partial charge in [-0.05, 0) is 117 Å². The molecule has 2 heterocycles. The van der Waals surface area contributed by atoms with E-state index in [1.54, 1.807) is 0 Å². The normalized spacial score (nSPS) is 12.1. The number of benzene rings is 12. The molecule has 2 aromatic heterocycles. The summed E-state index contributed by atoms with van der Waals surface area (Å²) in [5.74, 6) is 0. The summed E-state index contributed by atoms with van der Waals surface area (Å²) in [6.45, 7) is 11.4. The van der Waals surface area contributed by atoms with Gasteiger partial charge in [-0.25, -0.2) is 0 Å². The molecule has 0 saturated heterocycles. The molecule has 74 heavy (non-hydrogen) atoms. The first-order chi connectivity index (χ1) is 36.2. The maximum absolute atomic E-state index is 7.03. The van der Waals surface area contributed by atoms with Crippen LogP contribution in [0.15, 0.2) is 233 Å². The van der Waals surface area contributed by atoms with Crippen molar-refractivity contribution in [3.63, 3.8) is 0 Å². The van der Waals surface area contributed by atoms with Gasteiger partial charge in [0.25, 0.3) is 0 Å². The van der Waals surface area contributed by atoms with Crippen LogP contribution < -0.4 is 9.80 Å². The molecule has 4 heteroatoms. The molecule has 354 valence electrons. The average molecular weight is 953 g/mol. The molecule has 12 aromatic carbocycles. The number of para-hydroxylation sites is 4. The minimum atomic E-state index is -0.0481. The summed E-state index contributed by atoms with van der Waals surface area (Å²) in [7, 11) is 0. The molecule has 14 rings (SSSR count). The van der Waals surface area contributed by atoms with Gasteiger partial charge in [-0.3, -0.25) is 0 Å². The second-order valence-electron chi connectivity index (χ2n) is 21.0. The number of furan rings is 2. The van der Waals surface area contributed by atoms with Gasteiger partial charge in [0.2, 0.25) is 0 Å². The van der Waals surface area contributed by atoms with Crippen LogP contribution in [0.3, 0.4) is 0 Å². The third-order valence-electron chi connectivity index (χ3n) is 15.4. The Bertz CT molecular complexity index is 4220.